The summed E-state index contributed by atoms with van der Waals surface area (Å²) in [4.78, 5) is 23.3. The number of halogens is 1. The minimum Gasteiger partial charge on any atom is -0.404 e. The fourth-order valence-corrected chi connectivity index (χ4v) is 7.09. The Morgan fingerprint density at radius 1 is 1.10 bits per heavy atom. The first-order chi connectivity index (χ1) is 18.6. The van der Waals surface area contributed by atoms with Gasteiger partial charge >= 0.3 is 0 Å². The monoisotopic (exact) mass is 544 g/mol. The normalized spacial score (nSPS) is 22.0. The Bertz CT molecular complexity index is 1610. The minimum absolute atomic E-state index is 0.0509. The fraction of sp³-hybridized carbons (Fsp3) is 0.233. The van der Waals surface area contributed by atoms with Crippen molar-refractivity contribution >= 4 is 27.2 Å². The summed E-state index contributed by atoms with van der Waals surface area (Å²) in [6.45, 7) is 3.88. The number of carbonyl (C=O) groups is 1. The van der Waals surface area contributed by atoms with E-state index in [4.69, 9.17) is 5.73 Å². The molecule has 1 aromatic heterocycles. The largest absolute Gasteiger partial charge is 0.404 e. The number of hydrogen-bond acceptors (Lipinski definition) is 6. The zero-order valence-corrected chi connectivity index (χ0v) is 22.6. The van der Waals surface area contributed by atoms with Gasteiger partial charge in [0.2, 0.25) is 10.0 Å². The van der Waals surface area contributed by atoms with Gasteiger partial charge in [0, 0.05) is 19.3 Å². The summed E-state index contributed by atoms with van der Waals surface area (Å²) >= 11 is 0. The number of rotatable bonds is 5. The Kier molecular flexibility index (Phi) is 7.05. The summed E-state index contributed by atoms with van der Waals surface area (Å²) in [5.41, 5.74) is 9.26. The van der Waals surface area contributed by atoms with Gasteiger partial charge in [0.15, 0.2) is 5.78 Å². The van der Waals surface area contributed by atoms with Crippen LogP contribution in [0.1, 0.15) is 34.5 Å². The molecule has 0 bridgehead atoms. The van der Waals surface area contributed by atoms with Gasteiger partial charge in [-0.2, -0.15) is 4.31 Å². The lowest BCUT2D eigenvalue weighted by Gasteiger charge is -2.45. The number of aryl methyl sites for hydroxylation is 2. The molecule has 0 radical (unpaired) electrons. The van der Waals surface area contributed by atoms with E-state index in [-0.39, 0.29) is 41.7 Å². The molecular weight excluding hydrogens is 515 g/mol. The van der Waals surface area contributed by atoms with Crippen LogP contribution in [-0.4, -0.2) is 42.3 Å². The zero-order valence-electron chi connectivity index (χ0n) is 21.8. The minimum atomic E-state index is -3.88. The zero-order chi connectivity index (χ0) is 27.8. The smallest absolute Gasteiger partial charge is 0.243 e. The Morgan fingerprint density at radius 3 is 2.46 bits per heavy atom. The van der Waals surface area contributed by atoms with Gasteiger partial charge in [-0.3, -0.25) is 9.78 Å². The van der Waals surface area contributed by atoms with Crippen LogP contribution in [0.2, 0.25) is 0 Å². The van der Waals surface area contributed by atoms with Crippen molar-refractivity contribution in [3.63, 3.8) is 0 Å². The van der Waals surface area contributed by atoms with E-state index in [0.717, 1.165) is 16.7 Å². The van der Waals surface area contributed by atoms with E-state index in [2.05, 4.69) is 9.98 Å². The Hall–Kier alpha value is -3.95. The number of carbonyl (C=O) groups excluding carboxylic acids is 1. The predicted octanol–water partition coefficient (Wildman–Crippen LogP) is 5.05. The lowest BCUT2D eigenvalue weighted by molar-refractivity contribution is 0.0770. The summed E-state index contributed by atoms with van der Waals surface area (Å²) in [7, 11) is -3.88. The molecule has 3 aromatic rings. The number of pyridine rings is 1. The molecule has 1 aliphatic carbocycles. The number of aliphatic imine (C=N–C) groups is 1. The highest BCUT2D eigenvalue weighted by Gasteiger charge is 2.51. The van der Waals surface area contributed by atoms with Crippen LogP contribution in [0, 0.1) is 25.1 Å². The molecule has 1 aliphatic heterocycles. The molecule has 2 aliphatic rings. The van der Waals surface area contributed by atoms with E-state index < -0.39 is 15.4 Å². The number of hydrogen-bond donors (Lipinski definition) is 1. The molecule has 2 aromatic carbocycles. The molecule has 0 spiro atoms. The van der Waals surface area contributed by atoms with Crippen LogP contribution in [0.5, 0.6) is 0 Å². The first-order valence-electron chi connectivity index (χ1n) is 12.6. The van der Waals surface area contributed by atoms with E-state index in [1.807, 2.05) is 26.0 Å². The van der Waals surface area contributed by atoms with Crippen LogP contribution in [0.3, 0.4) is 0 Å². The quantitative estimate of drug-likeness (QED) is 0.453. The van der Waals surface area contributed by atoms with Crippen LogP contribution in [0.25, 0.3) is 0 Å². The van der Waals surface area contributed by atoms with Crippen molar-refractivity contribution in [2.45, 2.75) is 31.6 Å². The third-order valence-electron chi connectivity index (χ3n) is 7.27. The second kappa shape index (κ2) is 10.3. The maximum atomic E-state index is 14.2. The first kappa shape index (κ1) is 26.6. The molecule has 7 nitrogen and oxygen atoms in total. The number of ketones is 1. The number of benzene rings is 2. The van der Waals surface area contributed by atoms with Gasteiger partial charge in [-0.15, -0.1) is 0 Å². The molecule has 1 atom stereocenters. The number of fused-ring (bicyclic) bond motifs is 1. The average Bonchev–Trinajstić information content (AvgIpc) is 2.93. The highest BCUT2D eigenvalue weighted by Crippen LogP contribution is 2.47. The van der Waals surface area contributed by atoms with Crippen molar-refractivity contribution in [1.82, 2.24) is 9.29 Å². The lowest BCUT2D eigenvalue weighted by atomic mass is 9.64. The standard InChI is InChI=1S/C30H29FN4O3S/c1-20-13-21(2)15-26(14-20)39(37,38)35-12-10-23-16-28(34-25-8-6-24(31)7-9-25)22(18-32)17-30(23,19-35)29(36)27-5-3-4-11-33-27/h3-9,11,13-16,18H,10,12,17,19,32H2,1-2H3. The van der Waals surface area contributed by atoms with Crippen molar-refractivity contribution in [1.29, 1.82) is 0 Å². The summed E-state index contributed by atoms with van der Waals surface area (Å²) in [5, 5.41) is 0. The molecular formula is C30H29FN4O3S. The van der Waals surface area contributed by atoms with Gasteiger partial charge in [0.05, 0.1) is 21.7 Å². The number of Topliss-reactive ketones (excluding diaryl/α,β-unsaturated/α-hetero) is 1. The van der Waals surface area contributed by atoms with Crippen LogP contribution in [0.15, 0.2) is 100 Å². The molecule has 1 fully saturated rings. The molecule has 200 valence electrons. The molecule has 39 heavy (non-hydrogen) atoms. The van der Waals surface area contributed by atoms with E-state index in [1.165, 1.54) is 22.6 Å². The molecule has 2 heterocycles. The third-order valence-corrected chi connectivity index (χ3v) is 9.09. The van der Waals surface area contributed by atoms with Crippen molar-refractivity contribution in [3.8, 4) is 0 Å². The second-order valence-electron chi connectivity index (χ2n) is 10.0. The first-order valence-corrected chi connectivity index (χ1v) is 14.1. The summed E-state index contributed by atoms with van der Waals surface area (Å²) in [5.74, 6) is -0.636. The second-order valence-corrected chi connectivity index (χ2v) is 12.0. The SMILES string of the molecule is Cc1cc(C)cc(S(=O)(=O)N2CCC3=CC(=Nc4ccc(F)cc4)C(=CN)CC3(C(=O)c3ccccn3)C2)c1. The van der Waals surface area contributed by atoms with Crippen molar-refractivity contribution < 1.29 is 17.6 Å². The van der Waals surface area contributed by atoms with Gasteiger partial charge in [-0.25, -0.2) is 17.8 Å². The molecule has 2 N–H and O–H groups in total. The van der Waals surface area contributed by atoms with Crippen LogP contribution >= 0.6 is 0 Å². The number of aromatic nitrogens is 1. The van der Waals surface area contributed by atoms with Crippen molar-refractivity contribution in [3.05, 3.63) is 113 Å². The Labute approximate surface area is 227 Å². The topological polar surface area (TPSA) is 106 Å². The molecule has 0 saturated carbocycles. The summed E-state index contributed by atoms with van der Waals surface area (Å²) in [6, 6.07) is 16.1. The summed E-state index contributed by atoms with van der Waals surface area (Å²) in [6.07, 6.45) is 5.27. The maximum absolute atomic E-state index is 14.2. The average molecular weight is 545 g/mol. The molecule has 0 amide bonds. The fourth-order valence-electron chi connectivity index (χ4n) is 5.40. The van der Waals surface area contributed by atoms with Gasteiger partial charge in [0.1, 0.15) is 11.5 Å². The van der Waals surface area contributed by atoms with Crippen molar-refractivity contribution in [2.75, 3.05) is 13.1 Å². The Balaban J connectivity index is 1.62. The van der Waals surface area contributed by atoms with Crippen molar-refractivity contribution in [2.24, 2.45) is 16.1 Å². The van der Waals surface area contributed by atoms with E-state index >= 15 is 0 Å². The number of sulfonamides is 1. The van der Waals surface area contributed by atoms with E-state index in [9.17, 15) is 17.6 Å². The Morgan fingerprint density at radius 2 is 1.82 bits per heavy atom. The third kappa shape index (κ3) is 5.07. The predicted molar refractivity (Wildman–Crippen MR) is 149 cm³/mol. The molecule has 9 heteroatoms. The summed E-state index contributed by atoms with van der Waals surface area (Å²) < 4.78 is 42.5. The van der Waals surface area contributed by atoms with Gasteiger partial charge in [0.25, 0.3) is 0 Å². The number of nitrogens with zero attached hydrogens (tertiary/aromatic N) is 3. The van der Waals surface area contributed by atoms with Crippen LogP contribution in [-0.2, 0) is 10.0 Å². The van der Waals surface area contributed by atoms with Gasteiger partial charge < -0.3 is 5.73 Å². The number of allylic oxidation sites excluding steroid dienone is 2. The highest BCUT2D eigenvalue weighted by atomic mass is 32.2. The van der Waals surface area contributed by atoms with Crippen LogP contribution in [0.4, 0.5) is 10.1 Å². The van der Waals surface area contributed by atoms with Crippen LogP contribution < -0.4 is 5.73 Å². The lowest BCUT2D eigenvalue weighted by Crippen LogP contribution is -2.53. The van der Waals surface area contributed by atoms with E-state index in [1.54, 1.807) is 48.7 Å². The van der Waals surface area contributed by atoms with Gasteiger partial charge in [-0.1, -0.05) is 17.7 Å². The number of piperidine rings is 1. The molecule has 1 saturated heterocycles. The van der Waals surface area contributed by atoms with Gasteiger partial charge in [-0.05, 0) is 104 Å². The molecule has 1 unspecified atom stereocenters. The van der Waals surface area contributed by atoms with E-state index in [0.29, 0.717) is 23.4 Å². The number of nitrogens with two attached hydrogens (primary N) is 1. The highest BCUT2D eigenvalue weighted by molar-refractivity contribution is 7.89. The maximum Gasteiger partial charge on any atom is 0.243 e. The molecule has 5 rings (SSSR count).